The van der Waals surface area contributed by atoms with Crippen molar-refractivity contribution in [3.05, 3.63) is 52.2 Å². The van der Waals surface area contributed by atoms with Gasteiger partial charge in [-0.2, -0.15) is 0 Å². The second kappa shape index (κ2) is 9.25. The molecule has 0 bridgehead atoms. The van der Waals surface area contributed by atoms with Gasteiger partial charge in [-0.05, 0) is 23.6 Å². The maximum absolute atomic E-state index is 13.4. The highest BCUT2D eigenvalue weighted by Crippen LogP contribution is 2.16. The molecule has 3 rings (SSSR count). The van der Waals surface area contributed by atoms with E-state index in [1.165, 1.54) is 28.4 Å². The molecule has 1 aromatic carbocycles. The maximum atomic E-state index is 13.4. The molecule has 1 fully saturated rings. The average molecular weight is 405 g/mol. The fourth-order valence-electron chi connectivity index (χ4n) is 3.18. The van der Waals surface area contributed by atoms with Crippen LogP contribution in [0.4, 0.5) is 4.39 Å². The lowest BCUT2D eigenvalue weighted by atomic mass is 10.2. The van der Waals surface area contributed by atoms with Crippen molar-refractivity contribution in [2.24, 2.45) is 5.92 Å². The number of carbonyl (C=O) groups is 2. The predicted molar refractivity (Wildman–Crippen MR) is 104 cm³/mol. The Bertz CT molecular complexity index is 813. The number of thiazole rings is 1. The van der Waals surface area contributed by atoms with Crippen molar-refractivity contribution in [1.82, 2.24) is 14.8 Å². The van der Waals surface area contributed by atoms with Gasteiger partial charge in [0.05, 0.1) is 18.2 Å². The molecule has 1 aromatic heterocycles. The van der Waals surface area contributed by atoms with Crippen LogP contribution >= 0.6 is 11.3 Å². The monoisotopic (exact) mass is 405 g/mol. The SMILES string of the molecule is CC(C)CN1CC(OCc2cccc(F)c2)CN(C(=O)c2cscn2)CC1=O. The molecule has 0 spiro atoms. The van der Waals surface area contributed by atoms with Gasteiger partial charge >= 0.3 is 0 Å². The van der Waals surface area contributed by atoms with Crippen LogP contribution in [0.2, 0.25) is 0 Å². The second-order valence-electron chi connectivity index (χ2n) is 7.31. The van der Waals surface area contributed by atoms with E-state index in [2.05, 4.69) is 4.98 Å². The molecule has 6 nitrogen and oxygen atoms in total. The molecule has 1 aliphatic rings. The van der Waals surface area contributed by atoms with Crippen LogP contribution in [0.25, 0.3) is 0 Å². The van der Waals surface area contributed by atoms with Crippen LogP contribution in [0, 0.1) is 11.7 Å². The van der Waals surface area contributed by atoms with E-state index in [0.29, 0.717) is 30.3 Å². The lowest BCUT2D eigenvalue weighted by molar-refractivity contribution is -0.132. The summed E-state index contributed by atoms with van der Waals surface area (Å²) in [6, 6.07) is 6.22. The Balaban J connectivity index is 1.75. The van der Waals surface area contributed by atoms with Gasteiger partial charge in [-0.3, -0.25) is 9.59 Å². The topological polar surface area (TPSA) is 62.7 Å². The third-order valence-corrected chi connectivity index (χ3v) is 5.01. The minimum Gasteiger partial charge on any atom is -0.370 e. The first kappa shape index (κ1) is 20.4. The van der Waals surface area contributed by atoms with Gasteiger partial charge in [0.2, 0.25) is 5.91 Å². The molecule has 2 amide bonds. The van der Waals surface area contributed by atoms with Crippen molar-refractivity contribution >= 4 is 23.2 Å². The molecule has 1 atom stereocenters. The van der Waals surface area contributed by atoms with Crippen LogP contribution in [0.3, 0.4) is 0 Å². The molecule has 0 saturated carbocycles. The van der Waals surface area contributed by atoms with Crippen molar-refractivity contribution in [3.8, 4) is 0 Å². The molecular formula is C20H24FN3O3S. The molecule has 150 valence electrons. The standard InChI is InChI=1S/C20H24FN3O3S/c1-14(2)7-23-8-17(27-11-15-4-3-5-16(21)6-15)9-24(10-19(23)25)20(26)18-12-28-13-22-18/h3-6,12-14,17H,7-11H2,1-2H3. The second-order valence-corrected chi connectivity index (χ2v) is 8.03. The number of benzene rings is 1. The average Bonchev–Trinajstić information content (AvgIpc) is 3.13. The van der Waals surface area contributed by atoms with Crippen LogP contribution in [0.5, 0.6) is 0 Å². The lowest BCUT2D eigenvalue weighted by Gasteiger charge is -2.26. The molecule has 2 aromatic rings. The van der Waals surface area contributed by atoms with Gasteiger partial charge in [0.1, 0.15) is 18.1 Å². The van der Waals surface area contributed by atoms with Gasteiger partial charge in [-0.25, -0.2) is 9.37 Å². The van der Waals surface area contributed by atoms with Gasteiger partial charge in [0, 0.05) is 25.0 Å². The zero-order chi connectivity index (χ0) is 20.1. The molecule has 1 unspecified atom stereocenters. The summed E-state index contributed by atoms with van der Waals surface area (Å²) < 4.78 is 19.4. The summed E-state index contributed by atoms with van der Waals surface area (Å²) in [5.74, 6) is -0.401. The van der Waals surface area contributed by atoms with E-state index in [1.54, 1.807) is 27.9 Å². The number of aromatic nitrogens is 1. The molecular weight excluding hydrogens is 381 g/mol. The molecule has 1 aliphatic heterocycles. The molecule has 0 N–H and O–H groups in total. The number of ether oxygens (including phenoxy) is 1. The van der Waals surface area contributed by atoms with Crippen molar-refractivity contribution < 1.29 is 18.7 Å². The van der Waals surface area contributed by atoms with Crippen LogP contribution in [-0.4, -0.2) is 58.9 Å². The Morgan fingerprint density at radius 3 is 2.89 bits per heavy atom. The van der Waals surface area contributed by atoms with Gasteiger partial charge in [-0.1, -0.05) is 26.0 Å². The van der Waals surface area contributed by atoms with E-state index < -0.39 is 0 Å². The number of hydrogen-bond acceptors (Lipinski definition) is 5. The molecule has 0 radical (unpaired) electrons. The Kier molecular flexibility index (Phi) is 6.74. The van der Waals surface area contributed by atoms with Gasteiger partial charge in [0.25, 0.3) is 5.91 Å². The third-order valence-electron chi connectivity index (χ3n) is 4.43. The molecule has 8 heteroatoms. The van der Waals surface area contributed by atoms with Crippen molar-refractivity contribution in [1.29, 1.82) is 0 Å². The van der Waals surface area contributed by atoms with Crippen LogP contribution < -0.4 is 0 Å². The highest BCUT2D eigenvalue weighted by Gasteiger charge is 2.32. The molecule has 1 saturated heterocycles. The Hall–Kier alpha value is -2.32. The number of amides is 2. The maximum Gasteiger partial charge on any atom is 0.273 e. The van der Waals surface area contributed by atoms with Gasteiger partial charge in [-0.15, -0.1) is 11.3 Å². The van der Waals surface area contributed by atoms with Crippen molar-refractivity contribution in [2.45, 2.75) is 26.6 Å². The summed E-state index contributed by atoms with van der Waals surface area (Å²) in [4.78, 5) is 32.8. The largest absolute Gasteiger partial charge is 0.370 e. The van der Waals surface area contributed by atoms with E-state index in [0.717, 1.165) is 0 Å². The van der Waals surface area contributed by atoms with E-state index in [4.69, 9.17) is 4.74 Å². The fraction of sp³-hybridized carbons (Fsp3) is 0.450. The minimum absolute atomic E-state index is 0.00288. The first-order chi connectivity index (χ1) is 13.4. The number of rotatable bonds is 6. The summed E-state index contributed by atoms with van der Waals surface area (Å²) >= 11 is 1.34. The summed E-state index contributed by atoms with van der Waals surface area (Å²) in [5, 5.41) is 1.67. The Morgan fingerprint density at radius 1 is 1.39 bits per heavy atom. The van der Waals surface area contributed by atoms with Crippen molar-refractivity contribution in [2.75, 3.05) is 26.2 Å². The predicted octanol–water partition coefficient (Wildman–Crippen LogP) is 2.81. The van der Waals surface area contributed by atoms with Gasteiger partial charge < -0.3 is 14.5 Å². The van der Waals surface area contributed by atoms with Crippen molar-refractivity contribution in [3.63, 3.8) is 0 Å². The number of carbonyl (C=O) groups excluding carboxylic acids is 2. The molecule has 28 heavy (non-hydrogen) atoms. The van der Waals surface area contributed by atoms with Crippen LogP contribution in [0.1, 0.15) is 29.9 Å². The van der Waals surface area contributed by atoms with E-state index in [-0.39, 0.29) is 43.4 Å². The van der Waals surface area contributed by atoms with E-state index >= 15 is 0 Å². The fourth-order valence-corrected chi connectivity index (χ4v) is 3.70. The smallest absolute Gasteiger partial charge is 0.273 e. The molecule has 0 aliphatic carbocycles. The summed E-state index contributed by atoms with van der Waals surface area (Å²) in [7, 11) is 0. The van der Waals surface area contributed by atoms with Crippen LogP contribution in [0.15, 0.2) is 35.2 Å². The number of nitrogens with zero attached hydrogens (tertiary/aromatic N) is 3. The number of halogens is 1. The summed E-state index contributed by atoms with van der Waals surface area (Å²) in [6.45, 7) is 5.57. The highest BCUT2D eigenvalue weighted by molar-refractivity contribution is 7.07. The van der Waals surface area contributed by atoms with Gasteiger partial charge in [0.15, 0.2) is 0 Å². The van der Waals surface area contributed by atoms with E-state index in [1.807, 2.05) is 13.8 Å². The first-order valence-corrected chi connectivity index (χ1v) is 10.2. The first-order valence-electron chi connectivity index (χ1n) is 9.23. The zero-order valence-corrected chi connectivity index (χ0v) is 16.8. The zero-order valence-electron chi connectivity index (χ0n) is 16.0. The summed E-state index contributed by atoms with van der Waals surface area (Å²) in [6.07, 6.45) is -0.365. The van der Waals surface area contributed by atoms with E-state index in [9.17, 15) is 14.0 Å². The highest BCUT2D eigenvalue weighted by atomic mass is 32.1. The number of hydrogen-bond donors (Lipinski definition) is 0. The van der Waals surface area contributed by atoms with Crippen LogP contribution in [-0.2, 0) is 16.1 Å². The Labute approximate surface area is 167 Å². The quantitative estimate of drug-likeness (QED) is 0.741. The Morgan fingerprint density at radius 2 is 2.21 bits per heavy atom. The lowest BCUT2D eigenvalue weighted by Crippen LogP contribution is -2.40. The third kappa shape index (κ3) is 5.36. The molecule has 2 heterocycles. The minimum atomic E-state index is -0.365. The normalized spacial score (nSPS) is 17.9. The summed E-state index contributed by atoms with van der Waals surface area (Å²) in [5.41, 5.74) is 2.64.